The molecule has 3 aromatic rings. The normalized spacial score (nSPS) is 16.3. The highest BCUT2D eigenvalue weighted by molar-refractivity contribution is 5.99. The van der Waals surface area contributed by atoms with E-state index in [0.717, 1.165) is 52.0 Å². The van der Waals surface area contributed by atoms with Crippen LogP contribution in [0.2, 0.25) is 0 Å². The standard InChI is InChI=1S/C36H39F3N2O4/c1-23-19-24(2)25(3)32(20-23)44-18-16-26-9-11-28(12-10-26)30-15-17-41(22-31(30)34(42)45-29-13-14-29)33(40-35(43)36(37,38)39)21-27-7-5-4-6-8-27/h4-12,19-20,29,33H,13-18,21-22H2,1-3H3,(H,40,43). The maximum Gasteiger partial charge on any atom is 0.471 e. The van der Waals surface area contributed by atoms with E-state index < -0.39 is 24.2 Å². The second kappa shape index (κ2) is 13.9. The Morgan fingerprint density at radius 1 is 0.978 bits per heavy atom. The monoisotopic (exact) mass is 620 g/mol. The minimum atomic E-state index is -5.02. The van der Waals surface area contributed by atoms with Gasteiger partial charge in [0.25, 0.3) is 0 Å². The molecule has 238 valence electrons. The maximum atomic E-state index is 13.4. The van der Waals surface area contributed by atoms with Crippen LogP contribution in [-0.4, -0.2) is 54.9 Å². The molecule has 0 bridgehead atoms. The molecular formula is C36H39F3N2O4. The van der Waals surface area contributed by atoms with E-state index in [1.54, 1.807) is 29.2 Å². The number of halogens is 3. The predicted octanol–water partition coefficient (Wildman–Crippen LogP) is 6.65. The summed E-state index contributed by atoms with van der Waals surface area (Å²) in [6.07, 6.45) is -3.24. The van der Waals surface area contributed by atoms with Crippen molar-refractivity contribution in [3.05, 3.63) is 106 Å². The molecule has 5 rings (SSSR count). The van der Waals surface area contributed by atoms with Crippen LogP contribution in [0.15, 0.2) is 72.3 Å². The van der Waals surface area contributed by atoms with E-state index in [9.17, 15) is 22.8 Å². The largest absolute Gasteiger partial charge is 0.493 e. The highest BCUT2D eigenvalue weighted by Crippen LogP contribution is 2.33. The zero-order valence-corrected chi connectivity index (χ0v) is 25.9. The van der Waals surface area contributed by atoms with E-state index in [2.05, 4.69) is 25.2 Å². The van der Waals surface area contributed by atoms with Gasteiger partial charge in [0.1, 0.15) is 11.9 Å². The second-order valence-corrected chi connectivity index (χ2v) is 12.0. The first-order valence-corrected chi connectivity index (χ1v) is 15.4. The lowest BCUT2D eigenvalue weighted by Gasteiger charge is -2.37. The number of nitrogens with zero attached hydrogens (tertiary/aromatic N) is 1. The fourth-order valence-corrected chi connectivity index (χ4v) is 5.61. The summed E-state index contributed by atoms with van der Waals surface area (Å²) < 4.78 is 51.6. The Balaban J connectivity index is 1.34. The first-order valence-electron chi connectivity index (χ1n) is 15.4. The zero-order valence-electron chi connectivity index (χ0n) is 25.9. The number of rotatable bonds is 11. The summed E-state index contributed by atoms with van der Waals surface area (Å²) in [6.45, 7) is 7.11. The number of carbonyl (C=O) groups excluding carboxylic acids is 2. The van der Waals surface area contributed by atoms with Gasteiger partial charge in [-0.15, -0.1) is 0 Å². The Labute approximate surface area is 262 Å². The second-order valence-electron chi connectivity index (χ2n) is 12.0. The van der Waals surface area contributed by atoms with E-state index in [1.165, 1.54) is 5.56 Å². The fourth-order valence-electron chi connectivity index (χ4n) is 5.61. The lowest BCUT2D eigenvalue weighted by Crippen LogP contribution is -2.55. The summed E-state index contributed by atoms with van der Waals surface area (Å²) in [5.41, 5.74) is 7.42. The van der Waals surface area contributed by atoms with Crippen molar-refractivity contribution >= 4 is 17.4 Å². The number of ether oxygens (including phenoxy) is 2. The van der Waals surface area contributed by atoms with Crippen molar-refractivity contribution in [3.8, 4) is 5.75 Å². The molecule has 1 atom stereocenters. The van der Waals surface area contributed by atoms with Crippen molar-refractivity contribution in [3.63, 3.8) is 0 Å². The van der Waals surface area contributed by atoms with Gasteiger partial charge in [0.05, 0.1) is 18.3 Å². The number of hydrogen-bond donors (Lipinski definition) is 1. The average Bonchev–Trinajstić information content (AvgIpc) is 3.83. The van der Waals surface area contributed by atoms with E-state index in [0.29, 0.717) is 31.6 Å². The fraction of sp³-hybridized carbons (Fsp3) is 0.389. The number of amides is 1. The lowest BCUT2D eigenvalue weighted by atomic mass is 9.91. The number of nitrogens with one attached hydrogen (secondary N) is 1. The molecule has 1 heterocycles. The summed E-state index contributed by atoms with van der Waals surface area (Å²) in [5.74, 6) is -1.58. The number of benzene rings is 3. The number of carbonyl (C=O) groups is 2. The number of alkyl halides is 3. The van der Waals surface area contributed by atoms with Gasteiger partial charge >= 0.3 is 18.1 Å². The van der Waals surface area contributed by atoms with Gasteiger partial charge in [-0.1, -0.05) is 60.7 Å². The molecule has 0 spiro atoms. The third kappa shape index (κ3) is 8.54. The van der Waals surface area contributed by atoms with Crippen LogP contribution >= 0.6 is 0 Å². The molecule has 1 amide bonds. The van der Waals surface area contributed by atoms with Gasteiger partial charge in [0.15, 0.2) is 0 Å². The van der Waals surface area contributed by atoms with Crippen molar-refractivity contribution in [2.45, 2.75) is 71.3 Å². The Morgan fingerprint density at radius 2 is 1.69 bits per heavy atom. The molecule has 1 unspecified atom stereocenters. The van der Waals surface area contributed by atoms with Crippen molar-refractivity contribution < 1.29 is 32.2 Å². The molecule has 6 nitrogen and oxygen atoms in total. The van der Waals surface area contributed by atoms with Gasteiger partial charge in [0.2, 0.25) is 0 Å². The van der Waals surface area contributed by atoms with Gasteiger partial charge < -0.3 is 14.8 Å². The van der Waals surface area contributed by atoms with Crippen LogP contribution in [0, 0.1) is 20.8 Å². The SMILES string of the molecule is Cc1cc(C)c(C)c(OCCc2ccc(C3=C(C(=O)OC4CC4)CN(C(Cc4ccccc4)NC(=O)C(F)(F)F)CC3)cc2)c1. The zero-order chi connectivity index (χ0) is 32.1. The summed E-state index contributed by atoms with van der Waals surface area (Å²) >= 11 is 0. The minimum Gasteiger partial charge on any atom is -0.493 e. The van der Waals surface area contributed by atoms with Crippen molar-refractivity contribution in [2.24, 2.45) is 0 Å². The molecule has 0 aromatic heterocycles. The van der Waals surface area contributed by atoms with Crippen LogP contribution in [0.3, 0.4) is 0 Å². The van der Waals surface area contributed by atoms with Gasteiger partial charge in [-0.05, 0) is 85.1 Å². The highest BCUT2D eigenvalue weighted by Gasteiger charge is 2.41. The summed E-state index contributed by atoms with van der Waals surface area (Å²) in [7, 11) is 0. The van der Waals surface area contributed by atoms with E-state index in [-0.39, 0.29) is 19.1 Å². The number of hydrogen-bond acceptors (Lipinski definition) is 5. The Bertz CT molecular complexity index is 1550. The molecule has 3 aromatic carbocycles. The average molecular weight is 621 g/mol. The van der Waals surface area contributed by atoms with Crippen LogP contribution in [-0.2, 0) is 27.2 Å². The molecule has 1 aliphatic carbocycles. The smallest absolute Gasteiger partial charge is 0.471 e. The number of aryl methyl sites for hydroxylation is 2. The predicted molar refractivity (Wildman–Crippen MR) is 167 cm³/mol. The van der Waals surface area contributed by atoms with Crippen LogP contribution in [0.5, 0.6) is 5.75 Å². The molecule has 45 heavy (non-hydrogen) atoms. The van der Waals surface area contributed by atoms with Gasteiger partial charge in [-0.2, -0.15) is 13.2 Å². The highest BCUT2D eigenvalue weighted by atomic mass is 19.4. The molecule has 1 saturated carbocycles. The van der Waals surface area contributed by atoms with Gasteiger partial charge in [-0.25, -0.2) is 4.79 Å². The van der Waals surface area contributed by atoms with Crippen molar-refractivity contribution in [1.82, 2.24) is 10.2 Å². The summed E-state index contributed by atoms with van der Waals surface area (Å²) in [6, 6.07) is 21.2. The van der Waals surface area contributed by atoms with Crippen LogP contribution in [0.25, 0.3) is 5.57 Å². The quantitative estimate of drug-likeness (QED) is 0.243. The van der Waals surface area contributed by atoms with Gasteiger partial charge in [0, 0.05) is 25.9 Å². The third-order valence-corrected chi connectivity index (χ3v) is 8.40. The molecule has 9 heteroatoms. The topological polar surface area (TPSA) is 67.9 Å². The van der Waals surface area contributed by atoms with Gasteiger partial charge in [-0.3, -0.25) is 9.69 Å². The van der Waals surface area contributed by atoms with Crippen molar-refractivity contribution in [1.29, 1.82) is 0 Å². The third-order valence-electron chi connectivity index (χ3n) is 8.40. The molecular weight excluding hydrogens is 581 g/mol. The lowest BCUT2D eigenvalue weighted by molar-refractivity contribution is -0.175. The molecule has 1 aliphatic heterocycles. The number of esters is 1. The maximum absolute atomic E-state index is 13.4. The first-order chi connectivity index (χ1) is 21.5. The molecule has 0 saturated heterocycles. The Morgan fingerprint density at radius 3 is 2.36 bits per heavy atom. The molecule has 1 N–H and O–H groups in total. The van der Waals surface area contributed by atoms with E-state index in [4.69, 9.17) is 9.47 Å². The molecule has 0 radical (unpaired) electrons. The summed E-state index contributed by atoms with van der Waals surface area (Å²) in [5, 5.41) is 2.17. The van der Waals surface area contributed by atoms with Crippen LogP contribution in [0.4, 0.5) is 13.2 Å². The minimum absolute atomic E-state index is 0.0569. The molecule has 2 aliphatic rings. The first kappa shape index (κ1) is 32.3. The Kier molecular flexibility index (Phi) is 9.97. The van der Waals surface area contributed by atoms with E-state index >= 15 is 0 Å². The van der Waals surface area contributed by atoms with Crippen LogP contribution < -0.4 is 10.1 Å². The van der Waals surface area contributed by atoms with Crippen LogP contribution in [0.1, 0.15) is 52.6 Å². The van der Waals surface area contributed by atoms with E-state index in [1.807, 2.05) is 43.3 Å². The van der Waals surface area contributed by atoms with Crippen molar-refractivity contribution in [2.75, 3.05) is 19.7 Å². The molecule has 1 fully saturated rings. The Hall–Kier alpha value is -4.11. The summed E-state index contributed by atoms with van der Waals surface area (Å²) in [4.78, 5) is 27.1.